The van der Waals surface area contributed by atoms with E-state index in [1.165, 1.54) is 42.5 Å². The van der Waals surface area contributed by atoms with Crippen LogP contribution in [-0.4, -0.2) is 78.4 Å². The molecule has 13 heteroatoms. The van der Waals surface area contributed by atoms with Crippen molar-refractivity contribution >= 4 is 23.3 Å². The van der Waals surface area contributed by atoms with Crippen LogP contribution in [0.4, 0.5) is 33.7 Å². The standard InChI is InChI=1S/C37H46F4N4O5/c1-24-20-45(25(2)23-46)35(47)32-19-31(43-36(48)42-30-14-12-29(38)13-15-30)16-17-33(32)50-26(3)7-5-6-18-49-34(24)22-44(4)21-27-8-10-28(11-9-27)37(39,40)41/h8-17,19,24-26,34,46H,5-7,18,20-23H2,1-4H3,(H2,42,43,48)/t24-,25+,26+,34+/m0/s1. The predicted molar refractivity (Wildman–Crippen MR) is 184 cm³/mol. The number of alkyl halides is 3. The smallest absolute Gasteiger partial charge is 0.416 e. The SMILES string of the molecule is C[C@@H]1CCCCO[C@H](CN(C)Cc2ccc(C(F)(F)F)cc2)[C@@H](C)CN([C@H](C)CO)C(=O)c2cc(NC(=O)Nc3ccc(F)cc3)ccc2O1. The van der Waals surface area contributed by atoms with E-state index >= 15 is 0 Å². The maximum absolute atomic E-state index is 14.3. The molecule has 0 spiro atoms. The molecule has 0 aliphatic carbocycles. The maximum atomic E-state index is 14.3. The third-order valence-electron chi connectivity index (χ3n) is 8.64. The van der Waals surface area contributed by atoms with Crippen LogP contribution >= 0.6 is 0 Å². The third-order valence-corrected chi connectivity index (χ3v) is 8.64. The third kappa shape index (κ3) is 11.2. The number of nitrogens with one attached hydrogen (secondary N) is 2. The molecule has 0 radical (unpaired) electrons. The van der Waals surface area contributed by atoms with E-state index in [0.717, 1.165) is 30.5 Å². The molecule has 1 aliphatic heterocycles. The van der Waals surface area contributed by atoms with Gasteiger partial charge in [0.2, 0.25) is 0 Å². The number of urea groups is 1. The molecule has 0 bridgehead atoms. The van der Waals surface area contributed by atoms with Crippen molar-refractivity contribution < 1.29 is 41.7 Å². The number of rotatable bonds is 8. The fourth-order valence-corrected chi connectivity index (χ4v) is 5.77. The predicted octanol–water partition coefficient (Wildman–Crippen LogP) is 7.42. The number of fused-ring (bicyclic) bond motifs is 1. The average Bonchev–Trinajstić information content (AvgIpc) is 3.07. The Morgan fingerprint density at radius 1 is 1.02 bits per heavy atom. The molecule has 0 saturated heterocycles. The van der Waals surface area contributed by atoms with E-state index in [9.17, 15) is 32.3 Å². The number of carbonyl (C=O) groups excluding carboxylic acids is 2. The minimum absolute atomic E-state index is 0.206. The highest BCUT2D eigenvalue weighted by atomic mass is 19.4. The van der Waals surface area contributed by atoms with Gasteiger partial charge < -0.3 is 30.1 Å². The van der Waals surface area contributed by atoms with Gasteiger partial charge in [-0.05, 0) is 100 Å². The van der Waals surface area contributed by atoms with Gasteiger partial charge in [-0.2, -0.15) is 13.2 Å². The van der Waals surface area contributed by atoms with Crippen LogP contribution in [0, 0.1) is 11.7 Å². The summed E-state index contributed by atoms with van der Waals surface area (Å²) in [4.78, 5) is 30.6. The molecule has 1 aliphatic rings. The second-order valence-electron chi connectivity index (χ2n) is 13.0. The van der Waals surface area contributed by atoms with Gasteiger partial charge in [0.25, 0.3) is 5.91 Å². The summed E-state index contributed by atoms with van der Waals surface area (Å²) in [7, 11) is 1.87. The number of ether oxygens (including phenoxy) is 2. The Kier molecular flexibility index (Phi) is 13.6. The number of amides is 3. The fourth-order valence-electron chi connectivity index (χ4n) is 5.77. The van der Waals surface area contributed by atoms with Crippen LogP contribution in [0.3, 0.4) is 0 Å². The minimum atomic E-state index is -4.41. The molecule has 272 valence electrons. The van der Waals surface area contributed by atoms with E-state index in [1.54, 1.807) is 24.0 Å². The molecule has 3 aromatic carbocycles. The monoisotopic (exact) mass is 702 g/mol. The summed E-state index contributed by atoms with van der Waals surface area (Å²) in [5, 5.41) is 15.6. The molecule has 50 heavy (non-hydrogen) atoms. The highest BCUT2D eigenvalue weighted by molar-refractivity contribution is 6.02. The Morgan fingerprint density at radius 2 is 1.68 bits per heavy atom. The Bertz CT molecular complexity index is 1550. The lowest BCUT2D eigenvalue weighted by molar-refractivity contribution is -0.137. The quantitative estimate of drug-likeness (QED) is 0.211. The summed E-state index contributed by atoms with van der Waals surface area (Å²) >= 11 is 0. The van der Waals surface area contributed by atoms with E-state index in [1.807, 2.05) is 25.8 Å². The van der Waals surface area contributed by atoms with Crippen molar-refractivity contribution in [3.8, 4) is 5.75 Å². The van der Waals surface area contributed by atoms with Crippen molar-refractivity contribution in [3.05, 3.63) is 89.2 Å². The van der Waals surface area contributed by atoms with Gasteiger partial charge in [-0.3, -0.25) is 9.69 Å². The Hall–Kier alpha value is -4.20. The lowest BCUT2D eigenvalue weighted by Gasteiger charge is -2.36. The first-order valence-corrected chi connectivity index (χ1v) is 16.8. The number of benzene rings is 3. The summed E-state index contributed by atoms with van der Waals surface area (Å²) in [6, 6.07) is 14.0. The van der Waals surface area contributed by atoms with Crippen molar-refractivity contribution in [1.82, 2.24) is 9.80 Å². The fraction of sp³-hybridized carbons (Fsp3) is 0.459. The van der Waals surface area contributed by atoms with Gasteiger partial charge in [-0.1, -0.05) is 19.1 Å². The number of hydrogen-bond donors (Lipinski definition) is 3. The first-order chi connectivity index (χ1) is 23.7. The Balaban J connectivity index is 1.56. The minimum Gasteiger partial charge on any atom is -0.490 e. The summed E-state index contributed by atoms with van der Waals surface area (Å²) < 4.78 is 65.1. The molecule has 0 unspecified atom stereocenters. The summed E-state index contributed by atoms with van der Waals surface area (Å²) in [5.74, 6) is -0.709. The number of nitrogens with zero attached hydrogens (tertiary/aromatic N) is 2. The zero-order chi connectivity index (χ0) is 36.4. The lowest BCUT2D eigenvalue weighted by atomic mass is 10.0. The van der Waals surface area contributed by atoms with E-state index in [0.29, 0.717) is 43.2 Å². The number of carbonyl (C=O) groups is 2. The molecular formula is C37H46F4N4O5. The summed E-state index contributed by atoms with van der Waals surface area (Å²) in [6.45, 7) is 6.85. The van der Waals surface area contributed by atoms with Crippen LogP contribution in [0.25, 0.3) is 0 Å². The molecule has 1 heterocycles. The van der Waals surface area contributed by atoms with Crippen molar-refractivity contribution in [1.29, 1.82) is 0 Å². The molecule has 3 amide bonds. The second kappa shape index (κ2) is 17.6. The van der Waals surface area contributed by atoms with Crippen molar-refractivity contribution in [2.45, 2.75) is 71.0 Å². The van der Waals surface area contributed by atoms with Gasteiger partial charge in [-0.15, -0.1) is 0 Å². The highest BCUT2D eigenvalue weighted by Gasteiger charge is 2.32. The normalized spacial score (nSPS) is 20.0. The number of hydrogen-bond acceptors (Lipinski definition) is 6. The summed E-state index contributed by atoms with van der Waals surface area (Å²) in [6.07, 6.45) is -2.70. The van der Waals surface area contributed by atoms with Crippen LogP contribution in [0.5, 0.6) is 5.75 Å². The van der Waals surface area contributed by atoms with Gasteiger partial charge in [0.05, 0.1) is 36.0 Å². The van der Waals surface area contributed by atoms with Crippen LogP contribution in [0.2, 0.25) is 0 Å². The number of halogens is 4. The van der Waals surface area contributed by atoms with Crippen LogP contribution in [0.15, 0.2) is 66.7 Å². The summed E-state index contributed by atoms with van der Waals surface area (Å²) in [5.41, 5.74) is 0.935. The zero-order valence-electron chi connectivity index (χ0n) is 28.8. The Morgan fingerprint density at radius 3 is 2.34 bits per heavy atom. The molecule has 0 fully saturated rings. The number of aliphatic hydroxyl groups excluding tert-OH is 1. The number of anilines is 2. The molecule has 4 rings (SSSR count). The van der Waals surface area contributed by atoms with Crippen LogP contribution in [-0.2, 0) is 17.5 Å². The first kappa shape index (κ1) is 38.6. The number of likely N-dealkylation sites (N-methyl/N-ethyl adjacent to an activating group) is 1. The van der Waals surface area contributed by atoms with Gasteiger partial charge in [0.15, 0.2) is 0 Å². The van der Waals surface area contributed by atoms with E-state index in [4.69, 9.17) is 9.47 Å². The van der Waals surface area contributed by atoms with Gasteiger partial charge >= 0.3 is 12.2 Å². The van der Waals surface area contributed by atoms with E-state index < -0.39 is 35.5 Å². The highest BCUT2D eigenvalue weighted by Crippen LogP contribution is 2.30. The molecular weight excluding hydrogens is 656 g/mol. The van der Waals surface area contributed by atoms with Gasteiger partial charge in [0.1, 0.15) is 11.6 Å². The van der Waals surface area contributed by atoms with E-state index in [2.05, 4.69) is 10.6 Å². The topological polar surface area (TPSA) is 103 Å². The molecule has 9 nitrogen and oxygen atoms in total. The van der Waals surface area contributed by atoms with Crippen molar-refractivity contribution in [3.63, 3.8) is 0 Å². The van der Waals surface area contributed by atoms with Crippen LogP contribution < -0.4 is 15.4 Å². The molecule has 0 saturated carbocycles. The van der Waals surface area contributed by atoms with E-state index in [-0.39, 0.29) is 36.8 Å². The second-order valence-corrected chi connectivity index (χ2v) is 13.0. The van der Waals surface area contributed by atoms with Gasteiger partial charge in [0, 0.05) is 43.5 Å². The Labute approximate surface area is 290 Å². The van der Waals surface area contributed by atoms with Crippen molar-refractivity contribution in [2.24, 2.45) is 5.92 Å². The van der Waals surface area contributed by atoms with Crippen molar-refractivity contribution in [2.75, 3.05) is 44.0 Å². The average molecular weight is 703 g/mol. The first-order valence-electron chi connectivity index (χ1n) is 16.8. The largest absolute Gasteiger partial charge is 0.490 e. The molecule has 3 N–H and O–H groups in total. The maximum Gasteiger partial charge on any atom is 0.416 e. The zero-order valence-corrected chi connectivity index (χ0v) is 28.8. The molecule has 0 aromatic heterocycles. The molecule has 4 atom stereocenters. The van der Waals surface area contributed by atoms with Gasteiger partial charge in [-0.25, -0.2) is 9.18 Å². The van der Waals surface area contributed by atoms with Crippen LogP contribution in [0.1, 0.15) is 61.5 Å². The number of aliphatic hydroxyl groups is 1. The molecule has 3 aromatic rings. The lowest BCUT2D eigenvalue weighted by Crippen LogP contribution is -2.47.